The summed E-state index contributed by atoms with van der Waals surface area (Å²) in [6, 6.07) is 14.2. The average Bonchev–Trinajstić information content (AvgIpc) is 3.16. The molecule has 0 aliphatic heterocycles. The van der Waals surface area contributed by atoms with Gasteiger partial charge in [-0.25, -0.2) is 0 Å². The Morgan fingerprint density at radius 1 is 1.00 bits per heavy atom. The van der Waals surface area contributed by atoms with Gasteiger partial charge in [0.05, 0.1) is 30.5 Å². The van der Waals surface area contributed by atoms with Crippen molar-refractivity contribution in [3.8, 4) is 17.2 Å². The summed E-state index contributed by atoms with van der Waals surface area (Å²) >= 11 is 9.62. The van der Waals surface area contributed by atoms with Gasteiger partial charge >= 0.3 is 0 Å². The molecule has 0 saturated carbocycles. The third kappa shape index (κ3) is 4.22. The van der Waals surface area contributed by atoms with Gasteiger partial charge in [0.1, 0.15) is 22.5 Å². The first-order valence-electron chi connectivity index (χ1n) is 9.26. The molecule has 3 aromatic carbocycles. The minimum absolute atomic E-state index is 0.282. The van der Waals surface area contributed by atoms with E-state index in [-0.39, 0.29) is 5.91 Å². The van der Waals surface area contributed by atoms with E-state index < -0.39 is 0 Å². The topological polar surface area (TPSA) is 78.3 Å². The van der Waals surface area contributed by atoms with Crippen molar-refractivity contribution in [2.24, 2.45) is 0 Å². The first kappa shape index (κ1) is 21.1. The lowest BCUT2D eigenvalue weighted by Gasteiger charge is -2.11. The Balaban J connectivity index is 1.67. The first-order chi connectivity index (χ1) is 14.9. The number of methoxy groups -OCH3 is 2. The molecule has 0 atom stereocenters. The fraction of sp³-hybridized carbons (Fsp3) is 0.136. The number of halogens is 2. The largest absolute Gasteiger partial charge is 0.496 e. The van der Waals surface area contributed by atoms with Crippen LogP contribution in [0.25, 0.3) is 16.7 Å². The van der Waals surface area contributed by atoms with Gasteiger partial charge < -0.3 is 14.8 Å². The Bertz CT molecular complexity index is 1310. The Hall–Kier alpha value is -3.10. The number of nitrogens with zero attached hydrogens (tertiary/aromatic N) is 3. The van der Waals surface area contributed by atoms with Crippen LogP contribution in [0.15, 0.2) is 53.0 Å². The van der Waals surface area contributed by atoms with Crippen molar-refractivity contribution in [1.82, 2.24) is 15.0 Å². The molecule has 4 aromatic rings. The van der Waals surface area contributed by atoms with Crippen molar-refractivity contribution >= 4 is 50.2 Å². The van der Waals surface area contributed by atoms with Crippen molar-refractivity contribution in [2.45, 2.75) is 6.92 Å². The molecule has 31 heavy (non-hydrogen) atoms. The molecule has 1 N–H and O–H groups in total. The highest BCUT2D eigenvalue weighted by molar-refractivity contribution is 9.10. The van der Waals surface area contributed by atoms with Gasteiger partial charge in [-0.3, -0.25) is 4.79 Å². The number of benzene rings is 3. The summed E-state index contributed by atoms with van der Waals surface area (Å²) in [7, 11) is 3.09. The quantitative estimate of drug-likeness (QED) is 0.395. The van der Waals surface area contributed by atoms with Gasteiger partial charge in [-0.05, 0) is 61.0 Å². The molecule has 0 unspecified atom stereocenters. The Morgan fingerprint density at radius 2 is 1.68 bits per heavy atom. The molecule has 0 saturated heterocycles. The zero-order chi connectivity index (χ0) is 22.1. The molecule has 1 heterocycles. The number of hydrogen-bond donors (Lipinski definition) is 1. The van der Waals surface area contributed by atoms with Crippen molar-refractivity contribution < 1.29 is 14.3 Å². The van der Waals surface area contributed by atoms with E-state index in [2.05, 4.69) is 31.4 Å². The lowest BCUT2D eigenvalue weighted by atomic mass is 10.1. The maximum atomic E-state index is 12.9. The van der Waals surface area contributed by atoms with E-state index in [0.29, 0.717) is 44.5 Å². The summed E-state index contributed by atoms with van der Waals surface area (Å²) in [5.41, 5.74) is 3.95. The van der Waals surface area contributed by atoms with Crippen molar-refractivity contribution in [3.63, 3.8) is 0 Å². The van der Waals surface area contributed by atoms with Gasteiger partial charge in [-0.2, -0.15) is 4.80 Å². The number of hydrogen-bond acceptors (Lipinski definition) is 5. The van der Waals surface area contributed by atoms with E-state index in [4.69, 9.17) is 21.1 Å². The van der Waals surface area contributed by atoms with E-state index >= 15 is 0 Å². The summed E-state index contributed by atoms with van der Waals surface area (Å²) in [5, 5.41) is 12.5. The van der Waals surface area contributed by atoms with Crippen LogP contribution in [0.4, 0.5) is 5.69 Å². The smallest absolute Gasteiger partial charge is 0.259 e. The van der Waals surface area contributed by atoms with Gasteiger partial charge in [-0.15, -0.1) is 10.2 Å². The van der Waals surface area contributed by atoms with Gasteiger partial charge in [0.15, 0.2) is 0 Å². The molecule has 1 aromatic heterocycles. The van der Waals surface area contributed by atoms with Gasteiger partial charge in [-0.1, -0.05) is 27.5 Å². The summed E-state index contributed by atoms with van der Waals surface area (Å²) in [4.78, 5) is 14.4. The molecular weight excluding hydrogens is 484 g/mol. The second kappa shape index (κ2) is 8.56. The second-order valence-corrected chi connectivity index (χ2v) is 8.09. The number of aryl methyl sites for hydroxylation is 1. The number of rotatable bonds is 5. The van der Waals surface area contributed by atoms with Crippen LogP contribution in [0, 0.1) is 6.92 Å². The third-order valence-electron chi connectivity index (χ3n) is 4.75. The third-order valence-corrected chi connectivity index (χ3v) is 5.54. The summed E-state index contributed by atoms with van der Waals surface area (Å²) < 4.78 is 11.3. The van der Waals surface area contributed by atoms with Crippen molar-refractivity contribution in [2.75, 3.05) is 19.5 Å². The first-order valence-corrected chi connectivity index (χ1v) is 10.4. The summed E-state index contributed by atoms with van der Waals surface area (Å²) in [5.74, 6) is 0.780. The lowest BCUT2D eigenvalue weighted by molar-refractivity contribution is 0.102. The molecule has 4 rings (SSSR count). The van der Waals surface area contributed by atoms with Crippen LogP contribution >= 0.6 is 27.5 Å². The molecule has 0 bridgehead atoms. The monoisotopic (exact) mass is 500 g/mol. The van der Waals surface area contributed by atoms with E-state index in [1.165, 1.54) is 11.9 Å². The fourth-order valence-corrected chi connectivity index (χ4v) is 3.76. The van der Waals surface area contributed by atoms with Crippen LogP contribution in [0.5, 0.6) is 11.5 Å². The Labute approximate surface area is 192 Å². The molecular formula is C22H18BrClN4O3. The fourth-order valence-electron chi connectivity index (χ4n) is 3.15. The van der Waals surface area contributed by atoms with Gasteiger partial charge in [0.2, 0.25) is 0 Å². The molecule has 0 aliphatic carbocycles. The number of aromatic nitrogens is 3. The molecule has 0 radical (unpaired) electrons. The highest BCUT2D eigenvalue weighted by atomic mass is 79.9. The van der Waals surface area contributed by atoms with E-state index in [0.717, 1.165) is 10.0 Å². The lowest BCUT2D eigenvalue weighted by Crippen LogP contribution is -2.14. The molecule has 0 fully saturated rings. The van der Waals surface area contributed by atoms with Crippen LogP contribution in [0.3, 0.4) is 0 Å². The minimum atomic E-state index is -0.282. The highest BCUT2D eigenvalue weighted by Gasteiger charge is 2.16. The number of amides is 1. The molecule has 0 spiro atoms. The Morgan fingerprint density at radius 3 is 2.35 bits per heavy atom. The normalized spacial score (nSPS) is 10.9. The maximum absolute atomic E-state index is 12.9. The van der Waals surface area contributed by atoms with Crippen molar-refractivity contribution in [3.05, 3.63) is 69.2 Å². The highest BCUT2D eigenvalue weighted by Crippen LogP contribution is 2.28. The van der Waals surface area contributed by atoms with E-state index in [1.54, 1.807) is 37.4 Å². The summed E-state index contributed by atoms with van der Waals surface area (Å²) in [6.45, 7) is 1.90. The number of nitrogens with one attached hydrogen (secondary N) is 1. The standard InChI is InChI=1S/C22H18BrClN4O3/c1-12-8-18-19(27-28(26-18)14-5-7-21(31-3)16(24)10-14)11-17(12)25-22(29)15-9-13(23)4-6-20(15)30-2/h4-11H,1-3H3,(H,25,29). The number of anilines is 1. The van der Waals surface area contributed by atoms with E-state index in [1.807, 2.05) is 25.1 Å². The van der Waals surface area contributed by atoms with Crippen LogP contribution in [0.2, 0.25) is 5.02 Å². The zero-order valence-corrected chi connectivity index (χ0v) is 19.3. The minimum Gasteiger partial charge on any atom is -0.496 e. The maximum Gasteiger partial charge on any atom is 0.259 e. The average molecular weight is 502 g/mol. The van der Waals surface area contributed by atoms with Crippen LogP contribution in [-0.4, -0.2) is 35.1 Å². The van der Waals surface area contributed by atoms with Crippen molar-refractivity contribution in [1.29, 1.82) is 0 Å². The van der Waals surface area contributed by atoms with Crippen LogP contribution in [-0.2, 0) is 0 Å². The number of carbonyl (C=O) groups excluding carboxylic acids is 1. The van der Waals surface area contributed by atoms with Crippen LogP contribution < -0.4 is 14.8 Å². The number of ether oxygens (including phenoxy) is 2. The van der Waals surface area contributed by atoms with Crippen LogP contribution in [0.1, 0.15) is 15.9 Å². The molecule has 7 nitrogen and oxygen atoms in total. The Kier molecular flexibility index (Phi) is 5.84. The van der Waals surface area contributed by atoms with Gasteiger partial charge in [0, 0.05) is 10.2 Å². The SMILES string of the molecule is COc1ccc(-n2nc3cc(C)c(NC(=O)c4cc(Br)ccc4OC)cc3n2)cc1Cl. The molecule has 1 amide bonds. The molecule has 0 aliphatic rings. The van der Waals surface area contributed by atoms with Gasteiger partial charge in [0.25, 0.3) is 5.91 Å². The molecule has 9 heteroatoms. The predicted molar refractivity (Wildman–Crippen MR) is 124 cm³/mol. The summed E-state index contributed by atoms with van der Waals surface area (Å²) in [6.07, 6.45) is 0. The number of carbonyl (C=O) groups is 1. The predicted octanol–water partition coefficient (Wildman–Crippen LogP) is 5.41. The number of fused-ring (bicyclic) bond motifs is 1. The zero-order valence-electron chi connectivity index (χ0n) is 16.9. The molecule has 158 valence electrons. The van der Waals surface area contributed by atoms with E-state index in [9.17, 15) is 4.79 Å². The second-order valence-electron chi connectivity index (χ2n) is 6.76.